The maximum atomic E-state index is 7.25. The predicted octanol–water partition coefficient (Wildman–Crippen LogP) is 4.70. The van der Waals surface area contributed by atoms with Gasteiger partial charge in [0.2, 0.25) is 9.04 Å². The van der Waals surface area contributed by atoms with Crippen LogP contribution in [0.25, 0.3) is 0 Å². The van der Waals surface area contributed by atoms with Gasteiger partial charge in [-0.3, -0.25) is 0 Å². The molecule has 0 N–H and O–H groups in total. The van der Waals surface area contributed by atoms with Crippen molar-refractivity contribution in [1.29, 1.82) is 0 Å². The van der Waals surface area contributed by atoms with Gasteiger partial charge in [-0.15, -0.1) is 0 Å². The number of hydrogen-bond acceptors (Lipinski definition) is 9. The zero-order valence-electron chi connectivity index (χ0n) is 30.0. The minimum absolute atomic E-state index is 0.179. The lowest BCUT2D eigenvalue weighted by atomic mass is 10.4. The molecule has 14 heteroatoms. The summed E-state index contributed by atoms with van der Waals surface area (Å²) in [6.07, 6.45) is 2.63. The fraction of sp³-hybridized carbons (Fsp3) is 0.800. The van der Waals surface area contributed by atoms with Crippen molar-refractivity contribution < 1.29 is 40.8 Å². The Morgan fingerprint density at radius 1 is 0.727 bits per heavy atom. The topological polar surface area (TPSA) is 83.1 Å². The summed E-state index contributed by atoms with van der Waals surface area (Å²) in [5, 5.41) is 0. The molecule has 9 nitrogen and oxygen atoms in total. The SMILES string of the molecule is C=C(C)COCCC[SiH](C)O[Si](C)(CCCOCC(=C)C)O[Si](C)(CCCOCC(=C)C)O[SiH](C)C(OC)(OC)C([SiH3])OC. The van der Waals surface area contributed by atoms with Gasteiger partial charge in [0.25, 0.3) is 0 Å². The standard InChI is InChI=1S/C30H66O9Si5/c1-26(2)23-34-17-14-20-41(10)37-43(12,21-15-18-35-24-27(3)4)39-44(13,22-16-19-36-25-28(5)6)38-42(11)30(32-8,33-9)29(40)31-7/h29,41-42H,1,3,5,14-25H2,2,4,6-13,40H3. The van der Waals surface area contributed by atoms with Crippen LogP contribution < -0.4 is 0 Å². The van der Waals surface area contributed by atoms with E-state index in [0.29, 0.717) is 39.6 Å². The first-order valence-corrected chi connectivity index (χ1v) is 26.8. The Labute approximate surface area is 278 Å². The van der Waals surface area contributed by atoms with Crippen LogP contribution >= 0.6 is 0 Å². The van der Waals surface area contributed by atoms with Crippen molar-refractivity contribution in [2.24, 2.45) is 0 Å². The van der Waals surface area contributed by atoms with E-state index in [-0.39, 0.29) is 5.73 Å². The predicted molar refractivity (Wildman–Crippen MR) is 195 cm³/mol. The van der Waals surface area contributed by atoms with Gasteiger partial charge in [0, 0.05) is 51.4 Å². The monoisotopic (exact) mass is 710 g/mol. The second-order valence-electron chi connectivity index (χ2n) is 12.4. The number of hydrogen-bond donors (Lipinski definition) is 0. The van der Waals surface area contributed by atoms with E-state index < -0.39 is 40.6 Å². The molecule has 0 spiro atoms. The van der Waals surface area contributed by atoms with Crippen LogP contribution in [0.1, 0.15) is 40.0 Å². The van der Waals surface area contributed by atoms with Gasteiger partial charge in [0.1, 0.15) is 0 Å². The second-order valence-corrected chi connectivity index (χ2v) is 26.0. The number of ether oxygens (including phenoxy) is 6. The van der Waals surface area contributed by atoms with Crippen LogP contribution in [0.4, 0.5) is 0 Å². The van der Waals surface area contributed by atoms with Crippen LogP contribution in [0.5, 0.6) is 0 Å². The minimum Gasteiger partial charge on any atom is -0.439 e. The van der Waals surface area contributed by atoms with Gasteiger partial charge in [-0.25, -0.2) is 0 Å². The molecule has 0 aliphatic heterocycles. The van der Waals surface area contributed by atoms with Crippen molar-refractivity contribution in [2.45, 2.75) is 95.5 Å². The fourth-order valence-corrected chi connectivity index (χ4v) is 25.0. The first-order valence-electron chi connectivity index (χ1n) is 15.9. The summed E-state index contributed by atoms with van der Waals surface area (Å²) >= 11 is 0. The van der Waals surface area contributed by atoms with Crippen LogP contribution in [0.3, 0.4) is 0 Å². The second kappa shape index (κ2) is 23.3. The van der Waals surface area contributed by atoms with Gasteiger partial charge in [-0.05, 0) is 84.4 Å². The smallest absolute Gasteiger partial charge is 0.315 e. The number of methoxy groups -OCH3 is 3. The van der Waals surface area contributed by atoms with Crippen molar-refractivity contribution in [2.75, 3.05) is 61.0 Å². The molecule has 0 bridgehead atoms. The summed E-state index contributed by atoms with van der Waals surface area (Å²) < 4.78 is 56.5. The fourth-order valence-electron chi connectivity index (χ4n) is 5.11. The Morgan fingerprint density at radius 2 is 1.14 bits per heavy atom. The van der Waals surface area contributed by atoms with Gasteiger partial charge in [-0.2, -0.15) is 0 Å². The largest absolute Gasteiger partial charge is 0.439 e. The highest BCUT2D eigenvalue weighted by Crippen LogP contribution is 2.31. The van der Waals surface area contributed by atoms with Gasteiger partial charge in [0.15, 0.2) is 14.5 Å². The Kier molecular flexibility index (Phi) is 23.3. The summed E-state index contributed by atoms with van der Waals surface area (Å²) in [6, 6.07) is 2.60. The van der Waals surface area contributed by atoms with Crippen LogP contribution in [0.15, 0.2) is 36.5 Å². The van der Waals surface area contributed by atoms with Crippen molar-refractivity contribution in [1.82, 2.24) is 0 Å². The van der Waals surface area contributed by atoms with Crippen molar-refractivity contribution >= 4 is 45.4 Å². The quantitative estimate of drug-likeness (QED) is 0.0475. The molecule has 0 aromatic heterocycles. The third kappa shape index (κ3) is 18.3. The lowest BCUT2D eigenvalue weighted by Crippen LogP contribution is -2.64. The van der Waals surface area contributed by atoms with Gasteiger partial charge in [0.05, 0.1) is 25.5 Å². The van der Waals surface area contributed by atoms with E-state index in [1.807, 2.05) is 20.8 Å². The molecule has 0 amide bonds. The molecule has 0 saturated heterocycles. The maximum Gasteiger partial charge on any atom is 0.315 e. The highest BCUT2D eigenvalue weighted by atomic mass is 28.5. The van der Waals surface area contributed by atoms with E-state index in [0.717, 1.165) is 64.4 Å². The molecule has 0 aliphatic rings. The molecule has 0 radical (unpaired) electrons. The van der Waals surface area contributed by atoms with Gasteiger partial charge in [-0.1, -0.05) is 36.5 Å². The Bertz CT molecular complexity index is 833. The molecule has 0 rings (SSSR count). The molecule has 5 unspecified atom stereocenters. The minimum atomic E-state index is -2.81. The Hall–Kier alpha value is -0.0556. The summed E-state index contributed by atoms with van der Waals surface area (Å²) in [5.41, 5.74) is 1.97. The molecule has 5 atom stereocenters. The molecule has 260 valence electrons. The van der Waals surface area contributed by atoms with E-state index in [4.69, 9.17) is 40.8 Å². The highest BCUT2D eigenvalue weighted by Gasteiger charge is 2.51. The summed E-state index contributed by atoms with van der Waals surface area (Å²) in [6.45, 7) is 30.2. The average Bonchev–Trinajstić information content (AvgIpc) is 2.92. The molecular formula is C30H66O9Si5. The lowest BCUT2D eigenvalue weighted by Gasteiger charge is -2.45. The first-order chi connectivity index (χ1) is 20.6. The molecule has 0 aromatic carbocycles. The Morgan fingerprint density at radius 3 is 1.52 bits per heavy atom. The maximum absolute atomic E-state index is 7.25. The van der Waals surface area contributed by atoms with E-state index in [9.17, 15) is 0 Å². The zero-order valence-corrected chi connectivity index (χ0v) is 36.3. The highest BCUT2D eigenvalue weighted by molar-refractivity contribution is 6.85. The van der Waals surface area contributed by atoms with Crippen molar-refractivity contribution in [3.05, 3.63) is 36.5 Å². The zero-order chi connectivity index (χ0) is 33.8. The third-order valence-corrected chi connectivity index (χ3v) is 25.4. The normalized spacial score (nSPS) is 17.0. The average molecular weight is 711 g/mol. The van der Waals surface area contributed by atoms with E-state index in [2.05, 4.69) is 45.9 Å². The van der Waals surface area contributed by atoms with Crippen LogP contribution in [0, 0.1) is 0 Å². The van der Waals surface area contributed by atoms with Crippen molar-refractivity contribution in [3.63, 3.8) is 0 Å². The van der Waals surface area contributed by atoms with E-state index in [1.165, 1.54) is 0 Å². The van der Waals surface area contributed by atoms with Gasteiger partial charge >= 0.3 is 17.1 Å². The van der Waals surface area contributed by atoms with Crippen LogP contribution in [-0.4, -0.2) is 118 Å². The van der Waals surface area contributed by atoms with Crippen LogP contribution in [0.2, 0.25) is 44.3 Å². The molecular weight excluding hydrogens is 645 g/mol. The molecule has 0 aliphatic carbocycles. The van der Waals surface area contributed by atoms with Crippen LogP contribution in [-0.2, 0) is 40.8 Å². The lowest BCUT2D eigenvalue weighted by molar-refractivity contribution is -0.195. The Balaban J connectivity index is 6.00. The molecule has 44 heavy (non-hydrogen) atoms. The first kappa shape index (κ1) is 43.9. The van der Waals surface area contributed by atoms with Crippen molar-refractivity contribution in [3.8, 4) is 0 Å². The summed E-state index contributed by atoms with van der Waals surface area (Å²) in [4.78, 5) is 0. The summed E-state index contributed by atoms with van der Waals surface area (Å²) in [5.74, 6) is 0. The third-order valence-electron chi connectivity index (χ3n) is 7.22. The molecule has 0 saturated carbocycles. The number of rotatable bonds is 29. The summed E-state index contributed by atoms with van der Waals surface area (Å²) in [7, 11) is -3.43. The van der Waals surface area contributed by atoms with Gasteiger partial charge < -0.3 is 40.8 Å². The molecule has 0 aromatic rings. The van der Waals surface area contributed by atoms with E-state index >= 15 is 0 Å². The molecule has 0 fully saturated rings. The molecule has 0 heterocycles. The van der Waals surface area contributed by atoms with E-state index in [1.54, 1.807) is 21.3 Å².